The van der Waals surface area contributed by atoms with Crippen molar-refractivity contribution in [1.29, 1.82) is 0 Å². The van der Waals surface area contributed by atoms with Crippen LogP contribution in [0.2, 0.25) is 0 Å². The number of piperidine rings is 1. The molecule has 2 aliphatic heterocycles. The molecule has 0 radical (unpaired) electrons. The predicted octanol–water partition coefficient (Wildman–Crippen LogP) is 2.75. The monoisotopic (exact) mass is 453 g/mol. The number of amides is 1. The van der Waals surface area contributed by atoms with Crippen molar-refractivity contribution in [3.8, 4) is 0 Å². The summed E-state index contributed by atoms with van der Waals surface area (Å²) in [6, 6.07) is 0.646. The fourth-order valence-corrected chi connectivity index (χ4v) is 4.99. The summed E-state index contributed by atoms with van der Waals surface area (Å²) in [6.45, 7) is 12.4. The molecular formula is C24H43N3O5. The highest BCUT2D eigenvalue weighted by Crippen LogP contribution is 2.28. The number of rotatable bonds is 6. The molecule has 0 aromatic heterocycles. The Morgan fingerprint density at radius 2 is 1.50 bits per heavy atom. The number of hydrogen-bond acceptors (Lipinski definition) is 7. The van der Waals surface area contributed by atoms with E-state index < -0.39 is 5.60 Å². The quantitative estimate of drug-likeness (QED) is 0.573. The van der Waals surface area contributed by atoms with E-state index in [1.807, 2.05) is 25.7 Å². The Kier molecular flexibility index (Phi) is 9.20. The molecule has 0 bridgehead atoms. The van der Waals surface area contributed by atoms with E-state index in [1.54, 1.807) is 0 Å². The molecule has 0 aromatic carbocycles. The lowest BCUT2D eigenvalue weighted by Gasteiger charge is -2.42. The van der Waals surface area contributed by atoms with E-state index in [4.69, 9.17) is 14.2 Å². The van der Waals surface area contributed by atoms with Gasteiger partial charge in [-0.15, -0.1) is 0 Å². The van der Waals surface area contributed by atoms with Gasteiger partial charge in [0.15, 0.2) is 0 Å². The lowest BCUT2D eigenvalue weighted by Crippen LogP contribution is -2.52. The van der Waals surface area contributed by atoms with Crippen molar-refractivity contribution in [1.82, 2.24) is 14.7 Å². The largest absolute Gasteiger partial charge is 0.468 e. The van der Waals surface area contributed by atoms with Crippen LogP contribution in [0, 0.1) is 5.92 Å². The topological polar surface area (TPSA) is 71.6 Å². The van der Waals surface area contributed by atoms with Crippen molar-refractivity contribution >= 4 is 12.1 Å². The Morgan fingerprint density at radius 1 is 0.875 bits per heavy atom. The summed E-state index contributed by atoms with van der Waals surface area (Å²) in [5.41, 5.74) is -0.438. The van der Waals surface area contributed by atoms with Gasteiger partial charge in [-0.05, 0) is 65.2 Å². The van der Waals surface area contributed by atoms with Crippen LogP contribution in [0.3, 0.4) is 0 Å². The van der Waals surface area contributed by atoms with E-state index in [1.165, 1.54) is 20.0 Å². The second-order valence-corrected chi connectivity index (χ2v) is 10.6. The van der Waals surface area contributed by atoms with Gasteiger partial charge in [-0.1, -0.05) is 0 Å². The third kappa shape index (κ3) is 7.89. The fourth-order valence-electron chi connectivity index (χ4n) is 4.99. The normalized spacial score (nSPS) is 26.7. The third-order valence-electron chi connectivity index (χ3n) is 6.98. The van der Waals surface area contributed by atoms with Crippen molar-refractivity contribution in [2.75, 3.05) is 59.5 Å². The van der Waals surface area contributed by atoms with Crippen LogP contribution >= 0.6 is 0 Å². The van der Waals surface area contributed by atoms with Gasteiger partial charge in [0.1, 0.15) is 5.60 Å². The van der Waals surface area contributed by atoms with Gasteiger partial charge in [0.05, 0.1) is 19.8 Å². The smallest absolute Gasteiger partial charge is 0.410 e. The average Bonchev–Trinajstić information content (AvgIpc) is 2.78. The Hall–Kier alpha value is -1.38. The third-order valence-corrected chi connectivity index (χ3v) is 6.98. The molecule has 2 heterocycles. The van der Waals surface area contributed by atoms with E-state index in [9.17, 15) is 9.59 Å². The van der Waals surface area contributed by atoms with Gasteiger partial charge in [-0.2, -0.15) is 0 Å². The Bertz CT molecular complexity index is 599. The lowest BCUT2D eigenvalue weighted by atomic mass is 9.91. The van der Waals surface area contributed by atoms with Gasteiger partial charge in [-0.3, -0.25) is 14.6 Å². The molecule has 0 aromatic rings. The number of hydrogen-bond donors (Lipinski definition) is 0. The number of carbonyl (C=O) groups is 2. The van der Waals surface area contributed by atoms with Crippen molar-refractivity contribution in [2.45, 2.75) is 77.0 Å². The SMILES string of the molecule is COC(=O)CN1CCN(C2CCC(OCC3CCN(C(=O)OC(C)(C)C)CC3)CC2)CC1. The predicted molar refractivity (Wildman–Crippen MR) is 123 cm³/mol. The molecule has 1 saturated carbocycles. The van der Waals surface area contributed by atoms with Crippen LogP contribution in [0.25, 0.3) is 0 Å². The second kappa shape index (κ2) is 11.7. The molecule has 3 aliphatic rings. The van der Waals surface area contributed by atoms with E-state index in [0.717, 1.165) is 71.6 Å². The standard InChI is InChI=1S/C24H43N3O5/c1-24(2,3)32-23(29)27-11-9-19(10-12-27)18-31-21-7-5-20(6-8-21)26-15-13-25(14-16-26)17-22(28)30-4/h19-21H,5-18H2,1-4H3. The summed E-state index contributed by atoms with van der Waals surface area (Å²) < 4.78 is 16.6. The number of methoxy groups -OCH3 is 1. The van der Waals surface area contributed by atoms with Gasteiger partial charge in [0.2, 0.25) is 0 Å². The maximum atomic E-state index is 12.2. The molecule has 3 rings (SSSR count). The summed E-state index contributed by atoms with van der Waals surface area (Å²) in [6.07, 6.45) is 6.80. The summed E-state index contributed by atoms with van der Waals surface area (Å²) in [5.74, 6) is 0.390. The van der Waals surface area contributed by atoms with Crippen LogP contribution in [0.4, 0.5) is 4.79 Å². The zero-order valence-electron chi connectivity index (χ0n) is 20.5. The first-order valence-corrected chi connectivity index (χ1v) is 12.4. The summed E-state index contributed by atoms with van der Waals surface area (Å²) in [4.78, 5) is 30.3. The highest BCUT2D eigenvalue weighted by Gasteiger charge is 2.31. The summed E-state index contributed by atoms with van der Waals surface area (Å²) in [5, 5.41) is 0. The molecule has 8 nitrogen and oxygen atoms in total. The number of piperazine rings is 1. The van der Waals surface area contributed by atoms with E-state index >= 15 is 0 Å². The molecule has 1 aliphatic carbocycles. The van der Waals surface area contributed by atoms with E-state index in [-0.39, 0.29) is 12.1 Å². The zero-order valence-corrected chi connectivity index (χ0v) is 20.5. The van der Waals surface area contributed by atoms with Crippen LogP contribution in [0.5, 0.6) is 0 Å². The van der Waals surface area contributed by atoms with Crippen LogP contribution < -0.4 is 0 Å². The first-order valence-electron chi connectivity index (χ1n) is 12.4. The van der Waals surface area contributed by atoms with Crippen molar-refractivity contribution in [3.05, 3.63) is 0 Å². The highest BCUT2D eigenvalue weighted by molar-refractivity contribution is 5.71. The Labute approximate surface area is 193 Å². The molecule has 184 valence electrons. The molecule has 3 fully saturated rings. The molecule has 0 spiro atoms. The molecule has 32 heavy (non-hydrogen) atoms. The van der Waals surface area contributed by atoms with Gasteiger partial charge in [-0.25, -0.2) is 4.79 Å². The lowest BCUT2D eigenvalue weighted by molar-refractivity contribution is -0.142. The van der Waals surface area contributed by atoms with Crippen LogP contribution in [-0.4, -0.2) is 104 Å². The van der Waals surface area contributed by atoms with Crippen molar-refractivity contribution in [3.63, 3.8) is 0 Å². The first-order chi connectivity index (χ1) is 15.2. The highest BCUT2D eigenvalue weighted by atomic mass is 16.6. The van der Waals surface area contributed by atoms with Crippen molar-refractivity contribution in [2.24, 2.45) is 5.92 Å². The number of nitrogens with zero attached hydrogens (tertiary/aromatic N) is 3. The molecule has 0 atom stereocenters. The molecule has 0 unspecified atom stereocenters. The minimum Gasteiger partial charge on any atom is -0.468 e. The van der Waals surface area contributed by atoms with Gasteiger partial charge >= 0.3 is 12.1 Å². The summed E-state index contributed by atoms with van der Waals surface area (Å²) in [7, 11) is 1.45. The number of carbonyl (C=O) groups excluding carboxylic acids is 2. The second-order valence-electron chi connectivity index (χ2n) is 10.6. The van der Waals surface area contributed by atoms with Crippen LogP contribution in [0.1, 0.15) is 59.3 Å². The van der Waals surface area contributed by atoms with E-state index in [2.05, 4.69) is 9.80 Å². The zero-order chi connectivity index (χ0) is 23.1. The maximum Gasteiger partial charge on any atom is 0.410 e. The number of ether oxygens (including phenoxy) is 3. The number of likely N-dealkylation sites (tertiary alicyclic amines) is 1. The minimum absolute atomic E-state index is 0.147. The minimum atomic E-state index is -0.438. The molecular weight excluding hydrogens is 410 g/mol. The Morgan fingerprint density at radius 3 is 2.06 bits per heavy atom. The maximum absolute atomic E-state index is 12.2. The van der Waals surface area contributed by atoms with Crippen LogP contribution in [0.15, 0.2) is 0 Å². The summed E-state index contributed by atoms with van der Waals surface area (Å²) >= 11 is 0. The molecule has 8 heteroatoms. The average molecular weight is 454 g/mol. The number of esters is 1. The van der Waals surface area contributed by atoms with Gasteiger partial charge < -0.3 is 19.1 Å². The Balaban J connectivity index is 1.28. The fraction of sp³-hybridized carbons (Fsp3) is 0.917. The molecule has 2 saturated heterocycles. The van der Waals surface area contributed by atoms with Crippen LogP contribution in [-0.2, 0) is 19.0 Å². The van der Waals surface area contributed by atoms with Gasteiger partial charge in [0, 0.05) is 51.9 Å². The molecule has 0 N–H and O–H groups in total. The van der Waals surface area contributed by atoms with Gasteiger partial charge in [0.25, 0.3) is 0 Å². The van der Waals surface area contributed by atoms with Crippen molar-refractivity contribution < 1.29 is 23.8 Å². The van der Waals surface area contributed by atoms with E-state index in [0.29, 0.717) is 24.6 Å². The molecule has 1 amide bonds. The first kappa shape index (κ1) is 25.2.